The van der Waals surface area contributed by atoms with E-state index in [4.69, 9.17) is 0 Å². The summed E-state index contributed by atoms with van der Waals surface area (Å²) in [6.45, 7) is 7.78. The lowest BCUT2D eigenvalue weighted by Gasteiger charge is -2.26. The van der Waals surface area contributed by atoms with E-state index in [2.05, 4.69) is 39.0 Å². The molecule has 32 heavy (non-hydrogen) atoms. The summed E-state index contributed by atoms with van der Waals surface area (Å²) in [6, 6.07) is 19.6. The molecular formula is C26H30N4O2. The Kier molecular flexibility index (Phi) is 6.83. The van der Waals surface area contributed by atoms with Gasteiger partial charge in [-0.3, -0.25) is 14.5 Å². The molecule has 0 radical (unpaired) electrons. The highest BCUT2D eigenvalue weighted by molar-refractivity contribution is 5.99. The second-order valence-electron chi connectivity index (χ2n) is 8.37. The van der Waals surface area contributed by atoms with Gasteiger partial charge in [0.05, 0.1) is 12.6 Å². The van der Waals surface area contributed by atoms with Gasteiger partial charge in [-0.25, -0.2) is 0 Å². The molecule has 6 nitrogen and oxygen atoms in total. The van der Waals surface area contributed by atoms with Crippen LogP contribution in [0.15, 0.2) is 60.7 Å². The zero-order valence-electron chi connectivity index (χ0n) is 18.7. The zero-order chi connectivity index (χ0) is 22.5. The molecule has 2 amide bonds. The van der Waals surface area contributed by atoms with Crippen LogP contribution in [0.3, 0.4) is 0 Å². The first-order chi connectivity index (χ1) is 15.5. The smallest absolute Gasteiger partial charge is 0.252 e. The van der Waals surface area contributed by atoms with Gasteiger partial charge in [0.1, 0.15) is 0 Å². The Bertz CT molecular complexity index is 1120. The summed E-state index contributed by atoms with van der Waals surface area (Å²) in [5.41, 5.74) is 3.15. The second-order valence-corrected chi connectivity index (χ2v) is 8.37. The average molecular weight is 431 g/mol. The van der Waals surface area contributed by atoms with Crippen molar-refractivity contribution in [3.8, 4) is 0 Å². The number of aryl methyl sites for hydroxylation is 1. The monoisotopic (exact) mass is 430 g/mol. The van der Waals surface area contributed by atoms with Crippen molar-refractivity contribution in [2.24, 2.45) is 0 Å². The van der Waals surface area contributed by atoms with Crippen LogP contribution in [0.5, 0.6) is 0 Å². The molecule has 166 valence electrons. The van der Waals surface area contributed by atoms with Crippen LogP contribution < -0.4 is 16.0 Å². The number of nitrogens with one attached hydrogen (secondary N) is 3. The summed E-state index contributed by atoms with van der Waals surface area (Å²) >= 11 is 0. The van der Waals surface area contributed by atoms with E-state index < -0.39 is 0 Å². The normalized spacial score (nSPS) is 15.3. The van der Waals surface area contributed by atoms with Gasteiger partial charge < -0.3 is 16.0 Å². The Labute approximate surface area is 189 Å². The largest absolute Gasteiger partial charge is 0.345 e. The molecule has 1 aliphatic rings. The molecule has 1 saturated heterocycles. The van der Waals surface area contributed by atoms with Crippen molar-refractivity contribution in [3.05, 3.63) is 77.4 Å². The second kappa shape index (κ2) is 9.94. The van der Waals surface area contributed by atoms with Gasteiger partial charge in [0.25, 0.3) is 5.91 Å². The van der Waals surface area contributed by atoms with Gasteiger partial charge in [0, 0.05) is 37.4 Å². The van der Waals surface area contributed by atoms with E-state index in [1.165, 1.54) is 0 Å². The number of rotatable bonds is 6. The van der Waals surface area contributed by atoms with Crippen LogP contribution in [-0.2, 0) is 4.79 Å². The Morgan fingerprint density at radius 2 is 1.78 bits per heavy atom. The average Bonchev–Trinajstić information content (AvgIpc) is 2.80. The minimum atomic E-state index is -0.154. The fraction of sp³-hybridized carbons (Fsp3) is 0.308. The third-order valence-electron chi connectivity index (χ3n) is 5.98. The van der Waals surface area contributed by atoms with E-state index in [1.54, 1.807) is 6.07 Å². The van der Waals surface area contributed by atoms with Crippen LogP contribution in [0, 0.1) is 6.92 Å². The number of hydrogen-bond acceptors (Lipinski definition) is 4. The third-order valence-corrected chi connectivity index (χ3v) is 5.98. The first-order valence-corrected chi connectivity index (χ1v) is 11.1. The third kappa shape index (κ3) is 5.15. The molecule has 1 atom stereocenters. The Morgan fingerprint density at radius 1 is 1.03 bits per heavy atom. The van der Waals surface area contributed by atoms with Crippen LogP contribution in [0.1, 0.15) is 34.5 Å². The summed E-state index contributed by atoms with van der Waals surface area (Å²) in [7, 11) is 0. The number of anilines is 1. The molecule has 1 aliphatic heterocycles. The van der Waals surface area contributed by atoms with Crippen LogP contribution in [0.25, 0.3) is 10.8 Å². The van der Waals surface area contributed by atoms with Gasteiger partial charge in [0.2, 0.25) is 5.91 Å². The lowest BCUT2D eigenvalue weighted by Crippen LogP contribution is -2.46. The lowest BCUT2D eigenvalue weighted by molar-refractivity contribution is -0.117. The molecule has 4 rings (SSSR count). The molecular weight excluding hydrogens is 400 g/mol. The molecule has 3 aromatic rings. The number of carbonyl (C=O) groups is 2. The predicted octanol–water partition coefficient (Wildman–Crippen LogP) is 3.48. The van der Waals surface area contributed by atoms with E-state index in [-0.39, 0.29) is 17.9 Å². The molecule has 0 unspecified atom stereocenters. The molecule has 3 aromatic carbocycles. The van der Waals surface area contributed by atoms with Gasteiger partial charge >= 0.3 is 0 Å². The number of fused-ring (bicyclic) bond motifs is 1. The highest BCUT2D eigenvalue weighted by Gasteiger charge is 2.17. The Balaban J connectivity index is 1.45. The van der Waals surface area contributed by atoms with Crippen molar-refractivity contribution in [2.75, 3.05) is 38.0 Å². The summed E-state index contributed by atoms with van der Waals surface area (Å²) in [5, 5.41) is 11.6. The number of nitrogens with zero attached hydrogens (tertiary/aromatic N) is 1. The summed E-state index contributed by atoms with van der Waals surface area (Å²) in [5.74, 6) is -0.215. The van der Waals surface area contributed by atoms with Crippen molar-refractivity contribution >= 4 is 28.3 Å². The highest BCUT2D eigenvalue weighted by atomic mass is 16.2. The number of benzene rings is 3. The first kappa shape index (κ1) is 22.0. The van der Waals surface area contributed by atoms with E-state index in [0.29, 0.717) is 17.8 Å². The molecule has 0 aliphatic carbocycles. The molecule has 1 fully saturated rings. The van der Waals surface area contributed by atoms with Gasteiger partial charge in [-0.05, 0) is 47.9 Å². The van der Waals surface area contributed by atoms with Crippen molar-refractivity contribution < 1.29 is 9.59 Å². The maximum Gasteiger partial charge on any atom is 0.252 e. The van der Waals surface area contributed by atoms with E-state index >= 15 is 0 Å². The summed E-state index contributed by atoms with van der Waals surface area (Å²) < 4.78 is 0. The molecule has 6 heteroatoms. The van der Waals surface area contributed by atoms with Crippen LogP contribution in [0.4, 0.5) is 5.69 Å². The van der Waals surface area contributed by atoms with Gasteiger partial charge in [-0.15, -0.1) is 0 Å². The van der Waals surface area contributed by atoms with Crippen molar-refractivity contribution in [3.63, 3.8) is 0 Å². The molecule has 0 bridgehead atoms. The molecule has 3 N–H and O–H groups in total. The topological polar surface area (TPSA) is 73.5 Å². The Hall–Kier alpha value is -3.22. The minimum absolute atomic E-state index is 0.0637. The molecule has 0 saturated carbocycles. The van der Waals surface area contributed by atoms with Crippen molar-refractivity contribution in [1.29, 1.82) is 0 Å². The Morgan fingerprint density at radius 3 is 2.59 bits per heavy atom. The number of hydrogen-bond donors (Lipinski definition) is 3. The van der Waals surface area contributed by atoms with Crippen LogP contribution in [0.2, 0.25) is 0 Å². The van der Waals surface area contributed by atoms with E-state index in [0.717, 1.165) is 48.1 Å². The lowest BCUT2D eigenvalue weighted by atomic mass is 9.99. The fourth-order valence-electron chi connectivity index (χ4n) is 4.20. The standard InChI is InChI=1S/C26H30N4O2/c1-18-10-11-21(29-25(31)17-30-14-12-27-13-15-30)16-24(18)26(32)28-19(2)22-9-5-7-20-6-3-4-8-23(20)22/h3-11,16,19,27H,12-15,17H2,1-2H3,(H,28,32)(H,29,31)/t19-/m1/s1. The van der Waals surface area contributed by atoms with Crippen molar-refractivity contribution in [2.45, 2.75) is 19.9 Å². The molecule has 0 spiro atoms. The number of piperazine rings is 1. The number of carbonyl (C=O) groups excluding carboxylic acids is 2. The highest BCUT2D eigenvalue weighted by Crippen LogP contribution is 2.25. The van der Waals surface area contributed by atoms with Gasteiger partial charge in [-0.2, -0.15) is 0 Å². The number of amides is 2. The quantitative estimate of drug-likeness (QED) is 0.560. The van der Waals surface area contributed by atoms with E-state index in [9.17, 15) is 9.59 Å². The zero-order valence-corrected chi connectivity index (χ0v) is 18.7. The van der Waals surface area contributed by atoms with Crippen molar-refractivity contribution in [1.82, 2.24) is 15.5 Å². The van der Waals surface area contributed by atoms with Gasteiger partial charge in [-0.1, -0.05) is 48.5 Å². The minimum Gasteiger partial charge on any atom is -0.345 e. The maximum absolute atomic E-state index is 13.1. The van der Waals surface area contributed by atoms with Gasteiger partial charge in [0.15, 0.2) is 0 Å². The fourth-order valence-corrected chi connectivity index (χ4v) is 4.20. The predicted molar refractivity (Wildman–Crippen MR) is 129 cm³/mol. The molecule has 1 heterocycles. The van der Waals surface area contributed by atoms with Crippen LogP contribution >= 0.6 is 0 Å². The first-order valence-electron chi connectivity index (χ1n) is 11.1. The van der Waals surface area contributed by atoms with E-state index in [1.807, 2.05) is 50.2 Å². The maximum atomic E-state index is 13.1. The summed E-state index contributed by atoms with van der Waals surface area (Å²) in [6.07, 6.45) is 0. The summed E-state index contributed by atoms with van der Waals surface area (Å²) in [4.78, 5) is 27.7. The SMILES string of the molecule is Cc1ccc(NC(=O)CN2CCNCC2)cc1C(=O)N[C@H](C)c1cccc2ccccc12. The van der Waals surface area contributed by atoms with Crippen LogP contribution in [-0.4, -0.2) is 49.4 Å². The molecule has 0 aromatic heterocycles.